The molecule has 0 fully saturated rings. The summed E-state index contributed by atoms with van der Waals surface area (Å²) in [6, 6.07) is 13.4. The van der Waals surface area contributed by atoms with Crippen LogP contribution < -0.4 is 10.5 Å². The van der Waals surface area contributed by atoms with Crippen LogP contribution in [0.1, 0.15) is 11.1 Å². The number of aliphatic hydroxyl groups excluding tert-OH is 1. The van der Waals surface area contributed by atoms with E-state index in [0.717, 1.165) is 21.3 Å². The molecule has 100 valence electrons. The quantitative estimate of drug-likeness (QED) is 0.832. The Balaban J connectivity index is 2.10. The van der Waals surface area contributed by atoms with Gasteiger partial charge in [0.25, 0.3) is 0 Å². The van der Waals surface area contributed by atoms with Crippen LogP contribution in [-0.4, -0.2) is 11.7 Å². The number of rotatable bonds is 5. The van der Waals surface area contributed by atoms with E-state index in [1.54, 1.807) is 0 Å². The van der Waals surface area contributed by atoms with Crippen LogP contribution in [-0.2, 0) is 13.0 Å². The third-order valence-corrected chi connectivity index (χ3v) is 3.34. The Morgan fingerprint density at radius 2 is 1.89 bits per heavy atom. The second kappa shape index (κ2) is 6.59. The molecule has 0 aromatic heterocycles. The topological polar surface area (TPSA) is 55.5 Å². The molecule has 2 rings (SSSR count). The van der Waals surface area contributed by atoms with Crippen molar-refractivity contribution in [3.63, 3.8) is 0 Å². The number of benzene rings is 2. The molecule has 0 spiro atoms. The van der Waals surface area contributed by atoms with Crippen LogP contribution in [0.25, 0.3) is 0 Å². The fourth-order valence-corrected chi connectivity index (χ4v) is 2.20. The summed E-state index contributed by atoms with van der Waals surface area (Å²) in [7, 11) is 0. The minimum Gasteiger partial charge on any atom is -0.489 e. The summed E-state index contributed by atoms with van der Waals surface area (Å²) in [6.07, 6.45) is 0.589. The molecule has 19 heavy (non-hydrogen) atoms. The van der Waals surface area contributed by atoms with Crippen molar-refractivity contribution in [1.82, 2.24) is 0 Å². The molecule has 2 aromatic rings. The van der Waals surface area contributed by atoms with Gasteiger partial charge in [-0.25, -0.2) is 0 Å². The van der Waals surface area contributed by atoms with Gasteiger partial charge in [-0.1, -0.05) is 40.2 Å². The number of nitrogens with two attached hydrogens (primary N) is 1. The van der Waals surface area contributed by atoms with Crippen molar-refractivity contribution in [2.24, 2.45) is 0 Å². The van der Waals surface area contributed by atoms with Crippen molar-refractivity contribution in [3.05, 3.63) is 58.1 Å². The van der Waals surface area contributed by atoms with E-state index in [1.165, 1.54) is 0 Å². The van der Waals surface area contributed by atoms with Crippen molar-refractivity contribution in [3.8, 4) is 5.75 Å². The van der Waals surface area contributed by atoms with Crippen LogP contribution >= 0.6 is 15.9 Å². The van der Waals surface area contributed by atoms with Crippen LogP contribution in [0.5, 0.6) is 5.75 Å². The average molecular weight is 322 g/mol. The van der Waals surface area contributed by atoms with Gasteiger partial charge in [0.15, 0.2) is 0 Å². The van der Waals surface area contributed by atoms with Gasteiger partial charge >= 0.3 is 0 Å². The molecule has 0 heterocycles. The van der Waals surface area contributed by atoms with Gasteiger partial charge in [0.1, 0.15) is 12.4 Å². The maximum absolute atomic E-state index is 9.02. The van der Waals surface area contributed by atoms with Crippen molar-refractivity contribution in [1.29, 1.82) is 0 Å². The lowest BCUT2D eigenvalue weighted by atomic mass is 10.1. The zero-order chi connectivity index (χ0) is 13.7. The molecule has 0 aliphatic heterocycles. The summed E-state index contributed by atoms with van der Waals surface area (Å²) in [5.41, 5.74) is 8.58. The highest BCUT2D eigenvalue weighted by molar-refractivity contribution is 9.10. The Morgan fingerprint density at radius 1 is 1.11 bits per heavy atom. The second-order valence-electron chi connectivity index (χ2n) is 4.21. The highest BCUT2D eigenvalue weighted by Crippen LogP contribution is 2.23. The number of halogens is 1. The third-order valence-electron chi connectivity index (χ3n) is 2.84. The normalized spacial score (nSPS) is 10.4. The lowest BCUT2D eigenvalue weighted by Gasteiger charge is -2.12. The fraction of sp³-hybridized carbons (Fsp3) is 0.200. The molecule has 0 saturated heterocycles. The number of hydrogen-bond acceptors (Lipinski definition) is 3. The number of hydrogen-bond donors (Lipinski definition) is 2. The lowest BCUT2D eigenvalue weighted by Crippen LogP contribution is -2.02. The first-order chi connectivity index (χ1) is 9.20. The van der Waals surface area contributed by atoms with Crippen molar-refractivity contribution < 1.29 is 9.84 Å². The van der Waals surface area contributed by atoms with E-state index in [-0.39, 0.29) is 6.61 Å². The molecule has 0 saturated carbocycles. The van der Waals surface area contributed by atoms with Gasteiger partial charge in [0, 0.05) is 22.3 Å². The fourth-order valence-electron chi connectivity index (χ4n) is 1.82. The maximum atomic E-state index is 9.02. The Morgan fingerprint density at radius 3 is 2.63 bits per heavy atom. The summed E-state index contributed by atoms with van der Waals surface area (Å²) < 4.78 is 6.74. The molecule has 0 bridgehead atoms. The number of nitrogen functional groups attached to an aromatic ring is 1. The molecule has 0 atom stereocenters. The lowest BCUT2D eigenvalue weighted by molar-refractivity contribution is 0.284. The molecule has 0 aliphatic carbocycles. The molecule has 3 nitrogen and oxygen atoms in total. The zero-order valence-corrected chi connectivity index (χ0v) is 12.1. The van der Waals surface area contributed by atoms with Gasteiger partial charge in [-0.15, -0.1) is 0 Å². The maximum Gasteiger partial charge on any atom is 0.123 e. The van der Waals surface area contributed by atoms with E-state index in [0.29, 0.717) is 18.7 Å². The summed E-state index contributed by atoms with van der Waals surface area (Å²) in [5, 5.41) is 9.02. The minimum absolute atomic E-state index is 0.112. The van der Waals surface area contributed by atoms with Crippen LogP contribution in [0.3, 0.4) is 0 Å². The molecule has 0 radical (unpaired) electrons. The summed E-state index contributed by atoms with van der Waals surface area (Å²) in [4.78, 5) is 0. The van der Waals surface area contributed by atoms with Gasteiger partial charge < -0.3 is 15.6 Å². The Kier molecular flexibility index (Phi) is 4.82. The number of aliphatic hydroxyl groups is 1. The predicted octanol–water partition coefficient (Wildman–Crippen LogP) is 3.15. The van der Waals surface area contributed by atoms with E-state index < -0.39 is 0 Å². The highest BCUT2D eigenvalue weighted by atomic mass is 79.9. The average Bonchev–Trinajstić information content (AvgIpc) is 2.40. The Hall–Kier alpha value is -1.52. The van der Waals surface area contributed by atoms with Crippen molar-refractivity contribution >= 4 is 21.6 Å². The smallest absolute Gasteiger partial charge is 0.123 e. The van der Waals surface area contributed by atoms with Gasteiger partial charge in [0.05, 0.1) is 0 Å². The Bertz CT molecular complexity index is 558. The highest BCUT2D eigenvalue weighted by Gasteiger charge is 2.05. The van der Waals surface area contributed by atoms with Gasteiger partial charge in [-0.2, -0.15) is 0 Å². The van der Waals surface area contributed by atoms with E-state index >= 15 is 0 Å². The van der Waals surface area contributed by atoms with E-state index in [9.17, 15) is 0 Å². The van der Waals surface area contributed by atoms with Gasteiger partial charge in [-0.3, -0.25) is 0 Å². The van der Waals surface area contributed by atoms with Gasteiger partial charge in [0.2, 0.25) is 0 Å². The molecule has 2 aromatic carbocycles. The first-order valence-electron chi connectivity index (χ1n) is 6.06. The molecule has 4 heteroatoms. The van der Waals surface area contributed by atoms with Crippen LogP contribution in [0.15, 0.2) is 46.9 Å². The SMILES string of the molecule is Nc1cc(Br)ccc1COc1ccccc1CCO. The van der Waals surface area contributed by atoms with Gasteiger partial charge in [-0.05, 0) is 30.2 Å². The summed E-state index contributed by atoms with van der Waals surface area (Å²) in [6.45, 7) is 0.530. The monoisotopic (exact) mass is 321 g/mol. The number of para-hydroxylation sites is 1. The van der Waals surface area contributed by atoms with E-state index in [4.69, 9.17) is 15.6 Å². The zero-order valence-electron chi connectivity index (χ0n) is 10.5. The van der Waals surface area contributed by atoms with Crippen LogP contribution in [0.4, 0.5) is 5.69 Å². The van der Waals surface area contributed by atoms with Crippen LogP contribution in [0.2, 0.25) is 0 Å². The van der Waals surface area contributed by atoms with Crippen molar-refractivity contribution in [2.75, 3.05) is 12.3 Å². The largest absolute Gasteiger partial charge is 0.489 e. The molecule has 0 amide bonds. The number of anilines is 1. The minimum atomic E-state index is 0.112. The van der Waals surface area contributed by atoms with Crippen molar-refractivity contribution in [2.45, 2.75) is 13.0 Å². The number of ether oxygens (including phenoxy) is 1. The Labute approximate surface area is 121 Å². The first-order valence-corrected chi connectivity index (χ1v) is 6.85. The molecule has 0 aliphatic rings. The second-order valence-corrected chi connectivity index (χ2v) is 5.13. The first kappa shape index (κ1) is 13.9. The summed E-state index contributed by atoms with van der Waals surface area (Å²) in [5.74, 6) is 0.791. The van der Waals surface area contributed by atoms with Crippen LogP contribution in [0, 0.1) is 0 Å². The standard InChI is InChI=1S/C15H16BrNO2/c16-13-6-5-12(14(17)9-13)10-19-15-4-2-1-3-11(15)7-8-18/h1-6,9,18H,7-8,10,17H2. The van der Waals surface area contributed by atoms with E-state index in [1.807, 2.05) is 42.5 Å². The molecule has 0 unspecified atom stereocenters. The molecular weight excluding hydrogens is 306 g/mol. The third kappa shape index (κ3) is 3.72. The summed E-state index contributed by atoms with van der Waals surface area (Å²) >= 11 is 3.38. The predicted molar refractivity (Wildman–Crippen MR) is 80.1 cm³/mol. The molecular formula is C15H16BrNO2. The van der Waals surface area contributed by atoms with E-state index in [2.05, 4.69) is 15.9 Å². The molecule has 3 N–H and O–H groups in total.